The standard InChI is InChI=1S/C13H22N4O2/c1-8-11(14)15-9(2)16-12(8)17-5-10(6-18)19-13(3,4)7-17/h10,18H,5-7H2,1-4H3,(H2,14,15,16). The van der Waals surface area contributed by atoms with Crippen molar-refractivity contribution in [2.45, 2.75) is 39.4 Å². The van der Waals surface area contributed by atoms with E-state index >= 15 is 0 Å². The summed E-state index contributed by atoms with van der Waals surface area (Å²) < 4.78 is 5.81. The van der Waals surface area contributed by atoms with Crippen molar-refractivity contribution in [1.82, 2.24) is 9.97 Å². The van der Waals surface area contributed by atoms with Crippen molar-refractivity contribution in [2.75, 3.05) is 30.3 Å². The summed E-state index contributed by atoms with van der Waals surface area (Å²) in [5.41, 5.74) is 6.45. The van der Waals surface area contributed by atoms with E-state index in [-0.39, 0.29) is 18.3 Å². The molecule has 2 rings (SSSR count). The van der Waals surface area contributed by atoms with Crippen molar-refractivity contribution in [3.05, 3.63) is 11.4 Å². The Morgan fingerprint density at radius 1 is 1.42 bits per heavy atom. The van der Waals surface area contributed by atoms with Crippen LogP contribution < -0.4 is 10.6 Å². The van der Waals surface area contributed by atoms with Gasteiger partial charge in [0.25, 0.3) is 0 Å². The molecule has 3 N–H and O–H groups in total. The Morgan fingerprint density at radius 3 is 2.74 bits per heavy atom. The highest BCUT2D eigenvalue weighted by molar-refractivity contribution is 5.57. The van der Waals surface area contributed by atoms with Gasteiger partial charge in [-0.05, 0) is 27.7 Å². The lowest BCUT2D eigenvalue weighted by Gasteiger charge is -2.43. The molecule has 6 nitrogen and oxygen atoms in total. The van der Waals surface area contributed by atoms with E-state index in [1.54, 1.807) is 0 Å². The van der Waals surface area contributed by atoms with E-state index in [0.717, 1.165) is 11.4 Å². The zero-order valence-electron chi connectivity index (χ0n) is 12.0. The second kappa shape index (κ2) is 4.94. The number of hydrogen-bond donors (Lipinski definition) is 2. The fraction of sp³-hybridized carbons (Fsp3) is 0.692. The molecule has 1 aromatic heterocycles. The average molecular weight is 266 g/mol. The molecule has 0 aromatic carbocycles. The van der Waals surface area contributed by atoms with Crippen molar-refractivity contribution in [1.29, 1.82) is 0 Å². The molecule has 1 unspecified atom stereocenters. The molecule has 0 amide bonds. The maximum atomic E-state index is 9.36. The number of nitrogen functional groups attached to an aromatic ring is 1. The molecule has 19 heavy (non-hydrogen) atoms. The molecule has 1 aliphatic rings. The van der Waals surface area contributed by atoms with Gasteiger partial charge in [0.15, 0.2) is 0 Å². The van der Waals surface area contributed by atoms with Crippen molar-refractivity contribution in [2.24, 2.45) is 0 Å². The lowest BCUT2D eigenvalue weighted by Crippen LogP contribution is -2.54. The SMILES string of the molecule is Cc1nc(N)c(C)c(N2CC(CO)OC(C)(C)C2)n1. The van der Waals surface area contributed by atoms with E-state index in [0.29, 0.717) is 24.7 Å². The van der Waals surface area contributed by atoms with Crippen LogP contribution in [0, 0.1) is 13.8 Å². The summed E-state index contributed by atoms with van der Waals surface area (Å²) in [5.74, 6) is 2.00. The highest BCUT2D eigenvalue weighted by atomic mass is 16.5. The van der Waals surface area contributed by atoms with Crippen molar-refractivity contribution in [3.8, 4) is 0 Å². The number of nitrogens with two attached hydrogens (primary N) is 1. The minimum atomic E-state index is -0.328. The molecule has 1 fully saturated rings. The zero-order valence-corrected chi connectivity index (χ0v) is 12.0. The number of aromatic nitrogens is 2. The number of aliphatic hydroxyl groups excluding tert-OH is 1. The summed E-state index contributed by atoms with van der Waals surface area (Å²) in [6.07, 6.45) is -0.209. The largest absolute Gasteiger partial charge is 0.394 e. The molecule has 106 valence electrons. The Labute approximate surface area is 113 Å². The first kappa shape index (κ1) is 14.0. The van der Waals surface area contributed by atoms with E-state index in [1.807, 2.05) is 27.7 Å². The molecule has 6 heteroatoms. The minimum absolute atomic E-state index is 0.00146. The molecule has 1 aliphatic heterocycles. The van der Waals surface area contributed by atoms with Crippen LogP contribution in [0.4, 0.5) is 11.6 Å². The Kier molecular flexibility index (Phi) is 3.64. The summed E-state index contributed by atoms with van der Waals surface area (Å²) in [7, 11) is 0. The summed E-state index contributed by atoms with van der Waals surface area (Å²) in [4.78, 5) is 10.8. The zero-order chi connectivity index (χ0) is 14.2. The highest BCUT2D eigenvalue weighted by Gasteiger charge is 2.34. The highest BCUT2D eigenvalue weighted by Crippen LogP contribution is 2.28. The minimum Gasteiger partial charge on any atom is -0.394 e. The number of nitrogens with zero attached hydrogens (tertiary/aromatic N) is 3. The van der Waals surface area contributed by atoms with E-state index < -0.39 is 0 Å². The van der Waals surface area contributed by atoms with E-state index in [9.17, 15) is 5.11 Å². The van der Waals surface area contributed by atoms with Gasteiger partial charge in [-0.25, -0.2) is 9.97 Å². The first-order chi connectivity index (χ1) is 8.82. The first-order valence-corrected chi connectivity index (χ1v) is 6.47. The predicted octanol–water partition coefficient (Wildman–Crippen LogP) is 0.652. The average Bonchev–Trinajstić information content (AvgIpc) is 2.31. The maximum Gasteiger partial charge on any atom is 0.137 e. The second-order valence-corrected chi connectivity index (χ2v) is 5.67. The van der Waals surface area contributed by atoms with Gasteiger partial charge in [0.2, 0.25) is 0 Å². The van der Waals surface area contributed by atoms with Crippen LogP contribution in [0.3, 0.4) is 0 Å². The number of hydrogen-bond acceptors (Lipinski definition) is 6. The third-order valence-corrected chi connectivity index (χ3v) is 3.25. The Hall–Kier alpha value is -1.40. The molecule has 0 aliphatic carbocycles. The first-order valence-electron chi connectivity index (χ1n) is 6.47. The number of rotatable bonds is 2. The van der Waals surface area contributed by atoms with E-state index in [1.165, 1.54) is 0 Å². The summed E-state index contributed by atoms with van der Waals surface area (Å²) >= 11 is 0. The molecular formula is C13H22N4O2. The maximum absolute atomic E-state index is 9.36. The van der Waals surface area contributed by atoms with Crippen LogP contribution in [0.2, 0.25) is 0 Å². The van der Waals surface area contributed by atoms with E-state index in [2.05, 4.69) is 14.9 Å². The number of aryl methyl sites for hydroxylation is 1. The van der Waals surface area contributed by atoms with Gasteiger partial charge < -0.3 is 20.5 Å². The third kappa shape index (κ3) is 2.96. The van der Waals surface area contributed by atoms with Crippen LogP contribution in [0.1, 0.15) is 25.2 Å². The fourth-order valence-corrected chi connectivity index (χ4v) is 2.49. The Bertz CT molecular complexity index is 476. The van der Waals surface area contributed by atoms with Crippen LogP contribution in [0.25, 0.3) is 0 Å². The van der Waals surface area contributed by atoms with Gasteiger partial charge in [0.1, 0.15) is 17.5 Å². The van der Waals surface area contributed by atoms with Gasteiger partial charge in [-0.1, -0.05) is 0 Å². The Balaban J connectivity index is 2.35. The molecule has 1 saturated heterocycles. The van der Waals surface area contributed by atoms with Crippen LogP contribution >= 0.6 is 0 Å². The number of morpholine rings is 1. The summed E-state index contributed by atoms with van der Waals surface area (Å²) in [5, 5.41) is 9.36. The van der Waals surface area contributed by atoms with Crippen LogP contribution in [0.15, 0.2) is 0 Å². The fourth-order valence-electron chi connectivity index (χ4n) is 2.49. The van der Waals surface area contributed by atoms with Gasteiger partial charge in [0.05, 0.1) is 18.3 Å². The molecule has 0 saturated carbocycles. The normalized spacial score (nSPS) is 22.6. The smallest absolute Gasteiger partial charge is 0.137 e. The topological polar surface area (TPSA) is 84.5 Å². The predicted molar refractivity (Wildman–Crippen MR) is 74.2 cm³/mol. The van der Waals surface area contributed by atoms with E-state index in [4.69, 9.17) is 10.5 Å². The molecule has 0 bridgehead atoms. The molecule has 1 aromatic rings. The van der Waals surface area contributed by atoms with Gasteiger partial charge in [-0.15, -0.1) is 0 Å². The van der Waals surface area contributed by atoms with Gasteiger partial charge in [-0.2, -0.15) is 0 Å². The lowest BCUT2D eigenvalue weighted by atomic mass is 10.0. The summed E-state index contributed by atoms with van der Waals surface area (Å²) in [6, 6.07) is 0. The molecule has 1 atom stereocenters. The van der Waals surface area contributed by atoms with Crippen molar-refractivity contribution in [3.63, 3.8) is 0 Å². The Morgan fingerprint density at radius 2 is 2.11 bits per heavy atom. The van der Waals surface area contributed by atoms with Gasteiger partial charge in [0, 0.05) is 18.7 Å². The monoisotopic (exact) mass is 266 g/mol. The van der Waals surface area contributed by atoms with Crippen LogP contribution in [-0.4, -0.2) is 46.5 Å². The number of anilines is 2. The molecular weight excluding hydrogens is 244 g/mol. The van der Waals surface area contributed by atoms with Gasteiger partial charge in [-0.3, -0.25) is 0 Å². The molecule has 0 radical (unpaired) electrons. The summed E-state index contributed by atoms with van der Waals surface area (Å²) in [6.45, 7) is 9.08. The van der Waals surface area contributed by atoms with Crippen molar-refractivity contribution >= 4 is 11.6 Å². The third-order valence-electron chi connectivity index (χ3n) is 3.25. The van der Waals surface area contributed by atoms with Crippen molar-refractivity contribution < 1.29 is 9.84 Å². The number of aliphatic hydroxyl groups is 1. The van der Waals surface area contributed by atoms with Gasteiger partial charge >= 0.3 is 0 Å². The van der Waals surface area contributed by atoms with Crippen LogP contribution in [-0.2, 0) is 4.74 Å². The second-order valence-electron chi connectivity index (χ2n) is 5.67. The van der Waals surface area contributed by atoms with Crippen LogP contribution in [0.5, 0.6) is 0 Å². The quantitative estimate of drug-likeness (QED) is 0.817. The lowest BCUT2D eigenvalue weighted by molar-refractivity contribution is -0.101. The molecule has 2 heterocycles. The molecule has 0 spiro atoms. The number of ether oxygens (including phenoxy) is 1.